The Morgan fingerprint density at radius 3 is 2.38 bits per heavy atom. The van der Waals surface area contributed by atoms with Crippen LogP contribution in [0.1, 0.15) is 19.3 Å². The van der Waals surface area contributed by atoms with Gasteiger partial charge in [-0.2, -0.15) is 0 Å². The van der Waals surface area contributed by atoms with Crippen molar-refractivity contribution in [1.82, 2.24) is 5.32 Å². The summed E-state index contributed by atoms with van der Waals surface area (Å²) in [6.45, 7) is 5.63. The molecule has 2 unspecified atom stereocenters. The van der Waals surface area contributed by atoms with Gasteiger partial charge in [-0.15, -0.1) is 0 Å². The van der Waals surface area contributed by atoms with E-state index in [4.69, 9.17) is 18.9 Å². The molecule has 0 spiro atoms. The minimum Gasteiger partial charge on any atom is -0.381 e. The lowest BCUT2D eigenvalue weighted by atomic mass is 9.78. The van der Waals surface area contributed by atoms with Crippen LogP contribution in [-0.2, 0) is 18.9 Å². The van der Waals surface area contributed by atoms with Gasteiger partial charge in [-0.1, -0.05) is 0 Å². The monoisotopic (exact) mass is 299 g/mol. The Labute approximate surface area is 127 Å². The predicted octanol–water partition coefficient (Wildman–Crippen LogP) is 1.07. The summed E-state index contributed by atoms with van der Waals surface area (Å²) in [4.78, 5) is 0. The molecule has 2 atom stereocenters. The van der Waals surface area contributed by atoms with Crippen molar-refractivity contribution in [2.24, 2.45) is 17.8 Å². The normalized spacial score (nSPS) is 35.3. The molecule has 3 fully saturated rings. The number of rotatable bonds is 11. The molecule has 2 aliphatic carbocycles. The van der Waals surface area contributed by atoms with Crippen molar-refractivity contribution in [2.45, 2.75) is 31.5 Å². The van der Waals surface area contributed by atoms with Crippen molar-refractivity contribution in [3.05, 3.63) is 0 Å². The maximum atomic E-state index is 5.71. The van der Waals surface area contributed by atoms with E-state index in [1.807, 2.05) is 7.11 Å². The second-order valence-electron chi connectivity index (χ2n) is 6.59. The lowest BCUT2D eigenvalue weighted by Crippen LogP contribution is -2.48. The molecule has 1 aliphatic heterocycles. The second kappa shape index (κ2) is 7.88. The molecule has 1 heterocycles. The maximum absolute atomic E-state index is 5.71. The van der Waals surface area contributed by atoms with E-state index in [1.54, 1.807) is 0 Å². The van der Waals surface area contributed by atoms with Crippen LogP contribution in [-0.4, -0.2) is 65.4 Å². The van der Waals surface area contributed by atoms with Gasteiger partial charge in [-0.3, -0.25) is 0 Å². The van der Waals surface area contributed by atoms with E-state index in [0.717, 1.165) is 37.5 Å². The smallest absolute Gasteiger partial charge is 0.0824 e. The fraction of sp³-hybridized carbons (Fsp3) is 1.00. The summed E-state index contributed by atoms with van der Waals surface area (Å²) in [5, 5.41) is 3.18. The Morgan fingerprint density at radius 1 is 0.905 bits per heavy atom. The third-order valence-electron chi connectivity index (χ3n) is 5.08. The van der Waals surface area contributed by atoms with Gasteiger partial charge in [0.15, 0.2) is 0 Å². The molecule has 2 saturated carbocycles. The molecular formula is C16H29NO4. The minimum absolute atomic E-state index is 0.404. The van der Waals surface area contributed by atoms with Crippen molar-refractivity contribution < 1.29 is 18.9 Å². The van der Waals surface area contributed by atoms with Crippen LogP contribution in [0.3, 0.4) is 0 Å². The molecule has 0 aromatic heterocycles. The summed E-state index contributed by atoms with van der Waals surface area (Å²) in [6.07, 6.45) is 4.81. The van der Waals surface area contributed by atoms with Crippen LogP contribution in [0.25, 0.3) is 0 Å². The third-order valence-corrected chi connectivity index (χ3v) is 5.08. The number of ether oxygens (including phenoxy) is 4. The zero-order chi connectivity index (χ0) is 14.5. The zero-order valence-corrected chi connectivity index (χ0v) is 13.1. The molecule has 5 heteroatoms. The summed E-state index contributed by atoms with van der Waals surface area (Å²) in [5.41, 5.74) is 0. The summed E-state index contributed by atoms with van der Waals surface area (Å²) >= 11 is 0. The minimum atomic E-state index is 0.404. The van der Waals surface area contributed by atoms with Crippen LogP contribution in [0.5, 0.6) is 0 Å². The van der Waals surface area contributed by atoms with Crippen LogP contribution in [0.4, 0.5) is 0 Å². The van der Waals surface area contributed by atoms with Crippen molar-refractivity contribution in [1.29, 1.82) is 0 Å². The number of hydrogen-bond donors (Lipinski definition) is 1. The molecule has 0 amide bonds. The van der Waals surface area contributed by atoms with Crippen LogP contribution in [0, 0.1) is 17.8 Å². The first-order chi connectivity index (χ1) is 10.4. The van der Waals surface area contributed by atoms with Gasteiger partial charge < -0.3 is 24.3 Å². The van der Waals surface area contributed by atoms with E-state index in [0.29, 0.717) is 38.6 Å². The topological polar surface area (TPSA) is 49.0 Å². The van der Waals surface area contributed by atoms with E-state index in [-0.39, 0.29) is 0 Å². The van der Waals surface area contributed by atoms with Crippen LogP contribution >= 0.6 is 0 Å². The second-order valence-corrected chi connectivity index (χ2v) is 6.59. The maximum Gasteiger partial charge on any atom is 0.0824 e. The van der Waals surface area contributed by atoms with Gasteiger partial charge in [-0.25, -0.2) is 0 Å². The van der Waals surface area contributed by atoms with E-state index < -0.39 is 0 Å². The average Bonchev–Trinajstić information content (AvgIpc) is 3.13. The van der Waals surface area contributed by atoms with Gasteiger partial charge in [0.05, 0.1) is 38.6 Å². The fourth-order valence-electron chi connectivity index (χ4n) is 3.30. The van der Waals surface area contributed by atoms with E-state index in [2.05, 4.69) is 5.32 Å². The largest absolute Gasteiger partial charge is 0.381 e. The highest BCUT2D eigenvalue weighted by Crippen LogP contribution is 2.52. The van der Waals surface area contributed by atoms with Crippen LogP contribution in [0.2, 0.25) is 0 Å². The molecule has 0 aromatic carbocycles. The van der Waals surface area contributed by atoms with Crippen molar-refractivity contribution in [3.63, 3.8) is 0 Å². The van der Waals surface area contributed by atoms with Crippen LogP contribution < -0.4 is 5.32 Å². The molecule has 0 radical (unpaired) electrons. The molecule has 21 heavy (non-hydrogen) atoms. The average molecular weight is 299 g/mol. The van der Waals surface area contributed by atoms with E-state index in [9.17, 15) is 0 Å². The van der Waals surface area contributed by atoms with Gasteiger partial charge in [-0.05, 0) is 37.0 Å². The number of methoxy groups -OCH3 is 1. The van der Waals surface area contributed by atoms with Crippen molar-refractivity contribution >= 4 is 0 Å². The quantitative estimate of drug-likeness (QED) is 0.578. The molecule has 122 valence electrons. The molecule has 1 saturated heterocycles. The van der Waals surface area contributed by atoms with Gasteiger partial charge in [0.2, 0.25) is 0 Å². The molecule has 3 rings (SSSR count). The molecule has 1 N–H and O–H groups in total. The van der Waals surface area contributed by atoms with E-state index in [1.165, 1.54) is 19.3 Å². The third kappa shape index (κ3) is 4.63. The molecule has 0 aromatic rings. The molecular weight excluding hydrogens is 270 g/mol. The Hall–Kier alpha value is -0.200. The zero-order valence-electron chi connectivity index (χ0n) is 13.1. The highest BCUT2D eigenvalue weighted by molar-refractivity contribution is 4.97. The lowest BCUT2D eigenvalue weighted by Gasteiger charge is -2.34. The summed E-state index contributed by atoms with van der Waals surface area (Å²) < 4.78 is 22.1. The van der Waals surface area contributed by atoms with Gasteiger partial charge in [0, 0.05) is 26.8 Å². The fourth-order valence-corrected chi connectivity index (χ4v) is 3.30. The lowest BCUT2D eigenvalue weighted by molar-refractivity contribution is -0.0293. The first-order valence-corrected chi connectivity index (χ1v) is 8.37. The van der Waals surface area contributed by atoms with Crippen molar-refractivity contribution in [3.8, 4) is 0 Å². The molecule has 0 bridgehead atoms. The summed E-state index contributed by atoms with van der Waals surface area (Å²) in [5.74, 6) is 2.60. The first kappa shape index (κ1) is 15.7. The standard InChI is InChI=1S/C16H29NO4/c1-18-14-6-12(7-14)16-8-13(16)11-20-3-2-19-4-5-21-15-9-17-10-15/h12-17H,2-11H2,1H3. The highest BCUT2D eigenvalue weighted by Gasteiger charge is 2.47. The Morgan fingerprint density at radius 2 is 1.67 bits per heavy atom. The van der Waals surface area contributed by atoms with Gasteiger partial charge in [0.1, 0.15) is 0 Å². The number of nitrogens with one attached hydrogen (secondary N) is 1. The van der Waals surface area contributed by atoms with Crippen molar-refractivity contribution in [2.75, 3.05) is 53.2 Å². The van der Waals surface area contributed by atoms with Gasteiger partial charge in [0.25, 0.3) is 0 Å². The van der Waals surface area contributed by atoms with E-state index >= 15 is 0 Å². The molecule has 3 aliphatic rings. The summed E-state index contributed by atoms with van der Waals surface area (Å²) in [6, 6.07) is 0. The predicted molar refractivity (Wildman–Crippen MR) is 79.4 cm³/mol. The van der Waals surface area contributed by atoms with Crippen LogP contribution in [0.15, 0.2) is 0 Å². The number of hydrogen-bond acceptors (Lipinski definition) is 5. The first-order valence-electron chi connectivity index (χ1n) is 8.37. The Kier molecular flexibility index (Phi) is 5.89. The van der Waals surface area contributed by atoms with Gasteiger partial charge >= 0.3 is 0 Å². The Balaban J connectivity index is 1.08. The Bertz CT molecular complexity index is 305. The SMILES string of the molecule is COC1CC(C2CC2COCCOCCOC2CNC2)C1. The molecule has 5 nitrogen and oxygen atoms in total. The highest BCUT2D eigenvalue weighted by atomic mass is 16.5. The summed E-state index contributed by atoms with van der Waals surface area (Å²) in [7, 11) is 1.82.